The Hall–Kier alpha value is -3.07. The molecule has 10 heteroatoms. The molecular formula is C22H28ClN5O4. The SMILES string of the molecule is CCc1nc2c(c(=O)n(Cc3ccc(Cl)cc3)c(=O)n2CCNC(=O)OC(C)(C)C)n1C. The van der Waals surface area contributed by atoms with Gasteiger partial charge in [0.2, 0.25) is 0 Å². The second kappa shape index (κ2) is 9.20. The van der Waals surface area contributed by atoms with Gasteiger partial charge >= 0.3 is 11.8 Å². The molecule has 0 saturated carbocycles. The first-order valence-corrected chi connectivity index (χ1v) is 10.8. The van der Waals surface area contributed by atoms with Crippen molar-refractivity contribution in [3.8, 4) is 0 Å². The number of fused-ring (bicyclic) bond motifs is 1. The summed E-state index contributed by atoms with van der Waals surface area (Å²) >= 11 is 5.95. The maximum atomic E-state index is 13.3. The molecule has 0 fully saturated rings. The summed E-state index contributed by atoms with van der Waals surface area (Å²) in [6, 6.07) is 6.97. The zero-order chi connectivity index (χ0) is 23.6. The van der Waals surface area contributed by atoms with Crippen molar-refractivity contribution in [1.82, 2.24) is 24.0 Å². The van der Waals surface area contributed by atoms with Crippen LogP contribution in [0.3, 0.4) is 0 Å². The first kappa shape index (κ1) is 23.6. The summed E-state index contributed by atoms with van der Waals surface area (Å²) in [6.07, 6.45) is 0.0261. The summed E-state index contributed by atoms with van der Waals surface area (Å²) in [6.45, 7) is 7.61. The molecule has 1 amide bonds. The average molecular weight is 462 g/mol. The van der Waals surface area contributed by atoms with E-state index >= 15 is 0 Å². The zero-order valence-corrected chi connectivity index (χ0v) is 19.7. The van der Waals surface area contributed by atoms with Crippen molar-refractivity contribution in [2.24, 2.45) is 7.05 Å². The summed E-state index contributed by atoms with van der Waals surface area (Å²) in [4.78, 5) is 43.0. The molecule has 0 aliphatic carbocycles. The van der Waals surface area contributed by atoms with Crippen molar-refractivity contribution in [2.75, 3.05) is 6.54 Å². The molecule has 9 nitrogen and oxygen atoms in total. The molecule has 3 rings (SSSR count). The second-order valence-corrected chi connectivity index (χ2v) is 8.93. The average Bonchev–Trinajstić information content (AvgIpc) is 3.04. The quantitative estimate of drug-likeness (QED) is 0.608. The molecule has 0 unspecified atom stereocenters. The Morgan fingerprint density at radius 1 is 1.16 bits per heavy atom. The van der Waals surface area contributed by atoms with E-state index in [-0.39, 0.29) is 19.6 Å². The standard InChI is InChI=1S/C22H28ClN5O4/c1-6-16-25-18-17(26(16)5)19(29)28(13-14-7-9-15(23)10-8-14)21(31)27(18)12-11-24-20(30)32-22(2,3)4/h7-10H,6,11-13H2,1-5H3,(H,24,30). The molecule has 0 spiro atoms. The molecule has 0 aliphatic rings. The highest BCUT2D eigenvalue weighted by molar-refractivity contribution is 6.30. The Kier molecular flexibility index (Phi) is 6.78. The molecule has 0 radical (unpaired) electrons. The van der Waals surface area contributed by atoms with Gasteiger partial charge in [0.05, 0.1) is 6.54 Å². The maximum absolute atomic E-state index is 13.3. The predicted molar refractivity (Wildman–Crippen MR) is 123 cm³/mol. The minimum absolute atomic E-state index is 0.0942. The number of rotatable bonds is 6. The topological polar surface area (TPSA) is 100 Å². The highest BCUT2D eigenvalue weighted by Crippen LogP contribution is 2.13. The lowest BCUT2D eigenvalue weighted by Gasteiger charge is -2.20. The van der Waals surface area contributed by atoms with Gasteiger partial charge in [-0.2, -0.15) is 0 Å². The van der Waals surface area contributed by atoms with Gasteiger partial charge in [-0.3, -0.25) is 13.9 Å². The van der Waals surface area contributed by atoms with Crippen LogP contribution in [0.25, 0.3) is 11.2 Å². The van der Waals surface area contributed by atoms with Crippen LogP contribution in [-0.2, 0) is 31.3 Å². The summed E-state index contributed by atoms with van der Waals surface area (Å²) in [7, 11) is 1.76. The number of benzene rings is 1. The highest BCUT2D eigenvalue weighted by Gasteiger charge is 2.20. The Morgan fingerprint density at radius 2 is 1.81 bits per heavy atom. The zero-order valence-electron chi connectivity index (χ0n) is 18.9. The van der Waals surface area contributed by atoms with E-state index in [0.717, 1.165) is 5.56 Å². The van der Waals surface area contributed by atoms with Gasteiger partial charge in [0.1, 0.15) is 11.4 Å². The number of aromatic nitrogens is 4. The van der Waals surface area contributed by atoms with Crippen LogP contribution in [0, 0.1) is 0 Å². The van der Waals surface area contributed by atoms with Crippen molar-refractivity contribution in [1.29, 1.82) is 0 Å². The number of hydrogen-bond acceptors (Lipinski definition) is 5. The first-order valence-electron chi connectivity index (χ1n) is 10.4. The Bertz CT molecular complexity index is 1250. The van der Waals surface area contributed by atoms with Gasteiger partial charge in [-0.1, -0.05) is 30.7 Å². The predicted octanol–water partition coefficient (Wildman–Crippen LogP) is 2.69. The first-order chi connectivity index (χ1) is 15.0. The number of aryl methyl sites for hydroxylation is 2. The van der Waals surface area contributed by atoms with Crippen molar-refractivity contribution in [2.45, 2.75) is 52.8 Å². The number of ether oxygens (including phenoxy) is 1. The number of carbonyl (C=O) groups is 1. The number of hydrogen-bond donors (Lipinski definition) is 1. The lowest BCUT2D eigenvalue weighted by Crippen LogP contribution is -2.42. The fraction of sp³-hybridized carbons (Fsp3) is 0.455. The van der Waals surface area contributed by atoms with E-state index in [0.29, 0.717) is 28.4 Å². The third-order valence-electron chi connectivity index (χ3n) is 4.91. The van der Waals surface area contributed by atoms with E-state index in [9.17, 15) is 14.4 Å². The molecular weight excluding hydrogens is 434 g/mol. The van der Waals surface area contributed by atoms with Crippen LogP contribution in [0.5, 0.6) is 0 Å². The van der Waals surface area contributed by atoms with Crippen molar-refractivity contribution >= 4 is 28.9 Å². The van der Waals surface area contributed by atoms with E-state index in [4.69, 9.17) is 16.3 Å². The number of imidazole rings is 1. The minimum atomic E-state index is -0.628. The van der Waals surface area contributed by atoms with Crippen LogP contribution in [0.15, 0.2) is 33.9 Å². The van der Waals surface area contributed by atoms with Gasteiger partial charge in [0, 0.05) is 31.6 Å². The van der Waals surface area contributed by atoms with Gasteiger partial charge in [0.15, 0.2) is 11.2 Å². The number of nitrogens with one attached hydrogen (secondary N) is 1. The summed E-state index contributed by atoms with van der Waals surface area (Å²) in [5.41, 5.74) is -0.123. The van der Waals surface area contributed by atoms with Crippen LogP contribution in [0.2, 0.25) is 5.02 Å². The molecule has 3 aromatic rings. The number of amides is 1. The number of carbonyl (C=O) groups excluding carboxylic acids is 1. The molecule has 0 atom stereocenters. The third-order valence-corrected chi connectivity index (χ3v) is 5.16. The minimum Gasteiger partial charge on any atom is -0.444 e. The summed E-state index contributed by atoms with van der Waals surface area (Å²) in [5, 5.41) is 3.22. The lowest BCUT2D eigenvalue weighted by molar-refractivity contribution is 0.0526. The van der Waals surface area contributed by atoms with Crippen molar-refractivity contribution in [3.63, 3.8) is 0 Å². The molecule has 1 aromatic carbocycles. The smallest absolute Gasteiger partial charge is 0.407 e. The second-order valence-electron chi connectivity index (χ2n) is 8.49. The molecule has 2 aromatic heterocycles. The molecule has 0 aliphatic heterocycles. The van der Waals surface area contributed by atoms with Crippen LogP contribution in [-0.4, -0.2) is 36.9 Å². The van der Waals surface area contributed by atoms with Crippen LogP contribution >= 0.6 is 11.6 Å². The summed E-state index contributed by atoms with van der Waals surface area (Å²) < 4.78 is 9.56. The van der Waals surface area contributed by atoms with Crippen LogP contribution in [0.4, 0.5) is 4.79 Å². The van der Waals surface area contributed by atoms with Gasteiger partial charge in [0.25, 0.3) is 5.56 Å². The molecule has 0 saturated heterocycles. The van der Waals surface area contributed by atoms with Crippen LogP contribution < -0.4 is 16.6 Å². The van der Waals surface area contributed by atoms with Crippen molar-refractivity contribution in [3.05, 3.63) is 61.5 Å². The van der Waals surface area contributed by atoms with Gasteiger partial charge in [-0.25, -0.2) is 14.6 Å². The maximum Gasteiger partial charge on any atom is 0.407 e. The van der Waals surface area contributed by atoms with E-state index in [1.54, 1.807) is 56.7 Å². The number of alkyl carbamates (subject to hydrolysis) is 1. The Labute approximate surface area is 190 Å². The van der Waals surface area contributed by atoms with Gasteiger partial charge in [-0.05, 0) is 38.5 Å². The molecule has 1 N–H and O–H groups in total. The molecule has 2 heterocycles. The number of nitrogens with zero attached hydrogens (tertiary/aromatic N) is 4. The highest BCUT2D eigenvalue weighted by atomic mass is 35.5. The summed E-state index contributed by atoms with van der Waals surface area (Å²) in [5.74, 6) is 0.689. The van der Waals surface area contributed by atoms with Gasteiger partial charge < -0.3 is 14.6 Å². The monoisotopic (exact) mass is 461 g/mol. The molecule has 172 valence electrons. The fourth-order valence-corrected chi connectivity index (χ4v) is 3.55. The number of halogens is 1. The Morgan fingerprint density at radius 3 is 2.41 bits per heavy atom. The van der Waals surface area contributed by atoms with E-state index in [1.807, 2.05) is 6.92 Å². The Balaban J connectivity index is 2.02. The third kappa shape index (κ3) is 5.04. The van der Waals surface area contributed by atoms with E-state index in [1.165, 1.54) is 9.13 Å². The van der Waals surface area contributed by atoms with E-state index in [2.05, 4.69) is 10.3 Å². The molecule has 32 heavy (non-hydrogen) atoms. The van der Waals surface area contributed by atoms with Crippen LogP contribution in [0.1, 0.15) is 39.1 Å². The lowest BCUT2D eigenvalue weighted by atomic mass is 10.2. The van der Waals surface area contributed by atoms with E-state index < -0.39 is 22.9 Å². The fourth-order valence-electron chi connectivity index (χ4n) is 3.42. The largest absolute Gasteiger partial charge is 0.444 e. The van der Waals surface area contributed by atoms with Crippen molar-refractivity contribution < 1.29 is 9.53 Å². The molecule has 0 bridgehead atoms. The normalized spacial score (nSPS) is 11.7. The van der Waals surface area contributed by atoms with Gasteiger partial charge in [-0.15, -0.1) is 0 Å².